The molecule has 0 aliphatic carbocycles. The number of hydrogen-bond donors (Lipinski definition) is 1. The highest BCUT2D eigenvalue weighted by Crippen LogP contribution is 2.13. The zero-order chi connectivity index (χ0) is 9.84. The van der Waals surface area contributed by atoms with Gasteiger partial charge < -0.3 is 5.32 Å². The van der Waals surface area contributed by atoms with E-state index >= 15 is 0 Å². The molecule has 0 aromatic heterocycles. The first-order valence-electron chi connectivity index (χ1n) is 4.28. The van der Waals surface area contributed by atoms with Crippen molar-refractivity contribution in [3.8, 4) is 0 Å². The lowest BCUT2D eigenvalue weighted by Gasteiger charge is -2.08. The van der Waals surface area contributed by atoms with Crippen LogP contribution >= 0.6 is 0 Å². The molecule has 0 radical (unpaired) electrons. The summed E-state index contributed by atoms with van der Waals surface area (Å²) >= 11 is 0. The van der Waals surface area contributed by atoms with Crippen LogP contribution in [0, 0.1) is 17.6 Å². The van der Waals surface area contributed by atoms with Gasteiger partial charge in [0, 0.05) is 12.2 Å². The molecule has 0 spiro atoms. The Labute approximate surface area is 76.8 Å². The maximum Gasteiger partial charge on any atom is 0.160 e. The maximum absolute atomic E-state index is 12.7. The third kappa shape index (κ3) is 3.01. The summed E-state index contributed by atoms with van der Waals surface area (Å²) in [6.07, 6.45) is 0. The summed E-state index contributed by atoms with van der Waals surface area (Å²) in [7, 11) is 0. The Balaban J connectivity index is 2.63. The molecule has 0 atom stereocenters. The molecule has 0 aliphatic rings. The number of benzene rings is 1. The summed E-state index contributed by atoms with van der Waals surface area (Å²) in [5.74, 6) is -1.14. The molecule has 0 unspecified atom stereocenters. The zero-order valence-corrected chi connectivity index (χ0v) is 7.77. The van der Waals surface area contributed by atoms with Crippen molar-refractivity contribution in [1.29, 1.82) is 0 Å². The fourth-order valence-corrected chi connectivity index (χ4v) is 0.928. The molecule has 1 N–H and O–H groups in total. The van der Waals surface area contributed by atoms with E-state index in [1.165, 1.54) is 6.07 Å². The van der Waals surface area contributed by atoms with Crippen LogP contribution in [0.4, 0.5) is 14.5 Å². The number of nitrogens with one attached hydrogen (secondary N) is 1. The van der Waals surface area contributed by atoms with Gasteiger partial charge in [0.25, 0.3) is 0 Å². The Bertz CT molecular complexity index is 284. The van der Waals surface area contributed by atoms with Gasteiger partial charge in [-0.1, -0.05) is 13.8 Å². The van der Waals surface area contributed by atoms with Crippen molar-refractivity contribution in [1.82, 2.24) is 0 Å². The summed E-state index contributed by atoms with van der Waals surface area (Å²) in [6.45, 7) is 4.85. The summed E-state index contributed by atoms with van der Waals surface area (Å²) < 4.78 is 25.2. The SMILES string of the molecule is CC(C)CNc1ccc(F)c(F)c1. The molecular formula is C10H13F2N. The minimum absolute atomic E-state index is 0.480. The molecule has 1 nitrogen and oxygen atoms in total. The summed E-state index contributed by atoms with van der Waals surface area (Å²) in [4.78, 5) is 0. The van der Waals surface area contributed by atoms with Gasteiger partial charge in [0.1, 0.15) is 0 Å². The molecule has 0 fully saturated rings. The van der Waals surface area contributed by atoms with Gasteiger partial charge in [-0.3, -0.25) is 0 Å². The van der Waals surface area contributed by atoms with E-state index in [1.54, 1.807) is 0 Å². The molecule has 3 heteroatoms. The third-order valence-corrected chi connectivity index (χ3v) is 1.63. The number of hydrogen-bond acceptors (Lipinski definition) is 1. The molecule has 1 aromatic rings. The van der Waals surface area contributed by atoms with Crippen LogP contribution in [-0.4, -0.2) is 6.54 Å². The van der Waals surface area contributed by atoms with Gasteiger partial charge in [0.15, 0.2) is 11.6 Å². The van der Waals surface area contributed by atoms with Gasteiger partial charge in [-0.05, 0) is 24.1 Å². The normalized spacial score (nSPS) is 10.5. The predicted octanol–water partition coefficient (Wildman–Crippen LogP) is 3.03. The van der Waals surface area contributed by atoms with Gasteiger partial charge in [-0.25, -0.2) is 8.78 Å². The van der Waals surface area contributed by atoms with Crippen LogP contribution < -0.4 is 5.32 Å². The van der Waals surface area contributed by atoms with Crippen LogP contribution in [0.5, 0.6) is 0 Å². The van der Waals surface area contributed by atoms with Crippen molar-refractivity contribution >= 4 is 5.69 Å². The highest BCUT2D eigenvalue weighted by molar-refractivity contribution is 5.43. The average Bonchev–Trinajstić information content (AvgIpc) is 2.07. The zero-order valence-electron chi connectivity index (χ0n) is 7.77. The van der Waals surface area contributed by atoms with Gasteiger partial charge in [0.2, 0.25) is 0 Å². The molecule has 0 heterocycles. The largest absolute Gasteiger partial charge is 0.385 e. The van der Waals surface area contributed by atoms with Crippen LogP contribution in [0.25, 0.3) is 0 Å². The van der Waals surface area contributed by atoms with Crippen molar-refractivity contribution in [3.63, 3.8) is 0 Å². The molecule has 0 amide bonds. The smallest absolute Gasteiger partial charge is 0.160 e. The van der Waals surface area contributed by atoms with Crippen LogP contribution in [-0.2, 0) is 0 Å². The molecule has 13 heavy (non-hydrogen) atoms. The number of halogens is 2. The van der Waals surface area contributed by atoms with E-state index in [-0.39, 0.29) is 0 Å². The standard InChI is InChI=1S/C10H13F2N/c1-7(2)6-13-8-3-4-9(11)10(12)5-8/h3-5,7,13H,6H2,1-2H3. The Hall–Kier alpha value is -1.12. The fraction of sp³-hybridized carbons (Fsp3) is 0.400. The first-order valence-corrected chi connectivity index (χ1v) is 4.28. The molecule has 0 bridgehead atoms. The summed E-state index contributed by atoms with van der Waals surface area (Å²) in [5, 5.41) is 3.01. The first-order chi connectivity index (χ1) is 6.09. The Morgan fingerprint density at radius 3 is 2.46 bits per heavy atom. The van der Waals surface area contributed by atoms with Gasteiger partial charge in [-0.2, -0.15) is 0 Å². The Morgan fingerprint density at radius 2 is 1.92 bits per heavy atom. The predicted molar refractivity (Wildman–Crippen MR) is 49.7 cm³/mol. The molecule has 72 valence electrons. The Morgan fingerprint density at radius 1 is 1.23 bits per heavy atom. The third-order valence-electron chi connectivity index (χ3n) is 1.63. The van der Waals surface area contributed by atoms with Crippen LogP contribution in [0.3, 0.4) is 0 Å². The Kier molecular flexibility index (Phi) is 3.23. The van der Waals surface area contributed by atoms with Crippen LogP contribution in [0.1, 0.15) is 13.8 Å². The highest BCUT2D eigenvalue weighted by atomic mass is 19.2. The molecule has 0 saturated heterocycles. The van der Waals surface area contributed by atoms with Crippen molar-refractivity contribution < 1.29 is 8.78 Å². The van der Waals surface area contributed by atoms with Crippen molar-refractivity contribution in [2.24, 2.45) is 5.92 Å². The summed E-state index contributed by atoms with van der Waals surface area (Å²) in [6, 6.07) is 3.82. The number of rotatable bonds is 3. The van der Waals surface area contributed by atoms with Gasteiger partial charge >= 0.3 is 0 Å². The van der Waals surface area contributed by atoms with Gasteiger partial charge in [0.05, 0.1) is 0 Å². The van der Waals surface area contributed by atoms with E-state index in [9.17, 15) is 8.78 Å². The first kappa shape index (κ1) is 9.96. The van der Waals surface area contributed by atoms with Crippen molar-refractivity contribution in [2.75, 3.05) is 11.9 Å². The second-order valence-corrected chi connectivity index (χ2v) is 3.40. The van der Waals surface area contributed by atoms with Crippen molar-refractivity contribution in [3.05, 3.63) is 29.8 Å². The molecular weight excluding hydrogens is 172 g/mol. The lowest BCUT2D eigenvalue weighted by Crippen LogP contribution is -2.08. The maximum atomic E-state index is 12.7. The molecule has 1 aromatic carbocycles. The quantitative estimate of drug-likeness (QED) is 0.763. The second-order valence-electron chi connectivity index (χ2n) is 3.40. The van der Waals surface area contributed by atoms with E-state index in [4.69, 9.17) is 0 Å². The molecule has 1 rings (SSSR count). The minimum Gasteiger partial charge on any atom is -0.385 e. The molecule has 0 aliphatic heterocycles. The minimum atomic E-state index is -0.811. The van der Waals surface area contributed by atoms with Crippen LogP contribution in [0.2, 0.25) is 0 Å². The average molecular weight is 185 g/mol. The van der Waals surface area contributed by atoms with E-state index < -0.39 is 11.6 Å². The van der Waals surface area contributed by atoms with E-state index in [2.05, 4.69) is 5.32 Å². The second kappa shape index (κ2) is 4.21. The highest BCUT2D eigenvalue weighted by Gasteiger charge is 2.01. The molecule has 0 saturated carbocycles. The van der Waals surface area contributed by atoms with Crippen molar-refractivity contribution in [2.45, 2.75) is 13.8 Å². The lowest BCUT2D eigenvalue weighted by molar-refractivity contribution is 0.509. The topological polar surface area (TPSA) is 12.0 Å². The monoisotopic (exact) mass is 185 g/mol. The van der Waals surface area contributed by atoms with Crippen LogP contribution in [0.15, 0.2) is 18.2 Å². The van der Waals surface area contributed by atoms with E-state index in [0.29, 0.717) is 11.6 Å². The van der Waals surface area contributed by atoms with Gasteiger partial charge in [-0.15, -0.1) is 0 Å². The fourth-order valence-electron chi connectivity index (χ4n) is 0.928. The lowest BCUT2D eigenvalue weighted by atomic mass is 10.2. The summed E-state index contributed by atoms with van der Waals surface area (Å²) in [5.41, 5.74) is 0.618. The number of anilines is 1. The van der Waals surface area contributed by atoms with E-state index in [0.717, 1.165) is 18.7 Å². The van der Waals surface area contributed by atoms with E-state index in [1.807, 2.05) is 13.8 Å².